The predicted molar refractivity (Wildman–Crippen MR) is 116 cm³/mol. The zero-order valence-electron chi connectivity index (χ0n) is 17.1. The second-order valence-corrected chi connectivity index (χ2v) is 9.73. The third-order valence-corrected chi connectivity index (χ3v) is 8.33. The number of nitrogens with zero attached hydrogens (tertiary/aromatic N) is 3. The number of anilines is 1. The van der Waals surface area contributed by atoms with Crippen molar-refractivity contribution < 1.29 is 32.3 Å². The number of carboxylic acid groups (broad SMARTS) is 1. The number of amides is 2. The number of aromatic nitrogens is 1. The average molecular weight is 478 g/mol. The number of para-hydroxylation sites is 1. The van der Waals surface area contributed by atoms with E-state index in [-0.39, 0.29) is 22.3 Å². The van der Waals surface area contributed by atoms with Crippen LogP contribution in [0.1, 0.15) is 11.1 Å². The van der Waals surface area contributed by atoms with Gasteiger partial charge in [0.05, 0.1) is 18.2 Å². The number of methoxy groups -OCH3 is 1. The molecule has 1 aliphatic rings. The molecule has 168 valence electrons. The number of oxazole rings is 1. The van der Waals surface area contributed by atoms with Gasteiger partial charge in [-0.2, -0.15) is 0 Å². The van der Waals surface area contributed by atoms with E-state index in [1.54, 1.807) is 13.0 Å². The lowest BCUT2D eigenvalue weighted by atomic mass is 10.1. The number of ether oxygens (including phenoxy) is 1. The molecule has 0 saturated carbocycles. The van der Waals surface area contributed by atoms with Crippen LogP contribution in [0, 0.1) is 6.92 Å². The van der Waals surface area contributed by atoms with E-state index in [0.717, 1.165) is 16.9 Å². The van der Waals surface area contributed by atoms with Gasteiger partial charge in [0, 0.05) is 6.54 Å². The Bertz CT molecular complexity index is 1280. The van der Waals surface area contributed by atoms with Gasteiger partial charge in [0.2, 0.25) is 5.89 Å². The lowest BCUT2D eigenvalue weighted by Gasteiger charge is -2.34. The summed E-state index contributed by atoms with van der Waals surface area (Å²) in [5.74, 6) is -0.579. The molecule has 32 heavy (non-hydrogen) atoms. The second kappa shape index (κ2) is 8.28. The van der Waals surface area contributed by atoms with E-state index in [0.29, 0.717) is 26.9 Å². The standard InChI is InChI=1S/C20H19N3O7S2/c1-12-16(18-21-8-10-30-18)31-19-17(12)32(27,28)23(11-15(24)25)20(26)22(19)9-7-13-5-3-4-6-14(13)29-2/h3-6,8,10H,7,9,11H2,1-2H3,(H,24,25). The van der Waals surface area contributed by atoms with Crippen LogP contribution in [0.4, 0.5) is 9.80 Å². The maximum atomic E-state index is 13.2. The van der Waals surface area contributed by atoms with Crippen molar-refractivity contribution in [3.63, 3.8) is 0 Å². The fourth-order valence-corrected chi connectivity index (χ4v) is 6.85. The molecule has 10 nitrogen and oxygen atoms in total. The number of sulfonamides is 1. The Morgan fingerprint density at radius 2 is 2.06 bits per heavy atom. The quantitative estimate of drug-likeness (QED) is 0.550. The first kappa shape index (κ1) is 21.8. The number of thiophene rings is 1. The largest absolute Gasteiger partial charge is 0.496 e. The molecule has 1 aliphatic heterocycles. The number of aliphatic carboxylic acids is 1. The number of urea groups is 1. The minimum Gasteiger partial charge on any atom is -0.496 e. The average Bonchev–Trinajstić information content (AvgIpc) is 3.39. The van der Waals surface area contributed by atoms with Crippen LogP contribution in [0.3, 0.4) is 0 Å². The van der Waals surface area contributed by atoms with Gasteiger partial charge in [-0.25, -0.2) is 22.5 Å². The lowest BCUT2D eigenvalue weighted by molar-refractivity contribution is -0.136. The Balaban J connectivity index is 1.81. The second-order valence-electron chi connectivity index (χ2n) is 6.93. The van der Waals surface area contributed by atoms with E-state index in [4.69, 9.17) is 9.15 Å². The van der Waals surface area contributed by atoms with Crippen LogP contribution in [0.5, 0.6) is 5.75 Å². The Hall–Kier alpha value is -3.38. The molecule has 0 atom stereocenters. The van der Waals surface area contributed by atoms with Crippen molar-refractivity contribution in [3.05, 3.63) is 47.9 Å². The fraction of sp³-hybridized carbons (Fsp3) is 0.250. The predicted octanol–water partition coefficient (Wildman–Crippen LogP) is 2.98. The van der Waals surface area contributed by atoms with E-state index in [9.17, 15) is 23.1 Å². The van der Waals surface area contributed by atoms with Gasteiger partial charge in [-0.1, -0.05) is 18.2 Å². The zero-order valence-corrected chi connectivity index (χ0v) is 18.8. The molecule has 2 amide bonds. The highest BCUT2D eigenvalue weighted by Gasteiger charge is 2.46. The third kappa shape index (κ3) is 3.60. The van der Waals surface area contributed by atoms with E-state index in [1.807, 2.05) is 18.2 Å². The minimum absolute atomic E-state index is 0.114. The van der Waals surface area contributed by atoms with Crippen LogP contribution in [-0.4, -0.2) is 55.0 Å². The molecule has 3 heterocycles. The summed E-state index contributed by atoms with van der Waals surface area (Å²) in [4.78, 5) is 30.2. The van der Waals surface area contributed by atoms with Gasteiger partial charge in [0.25, 0.3) is 10.0 Å². The Morgan fingerprint density at radius 3 is 2.72 bits per heavy atom. The van der Waals surface area contributed by atoms with Crippen molar-refractivity contribution in [3.8, 4) is 16.5 Å². The van der Waals surface area contributed by atoms with E-state index in [2.05, 4.69) is 4.98 Å². The van der Waals surface area contributed by atoms with Gasteiger partial charge >= 0.3 is 12.0 Å². The molecule has 0 aliphatic carbocycles. The molecule has 2 aromatic heterocycles. The van der Waals surface area contributed by atoms with Gasteiger partial charge in [-0.15, -0.1) is 11.3 Å². The maximum absolute atomic E-state index is 13.2. The van der Waals surface area contributed by atoms with Crippen LogP contribution in [0.15, 0.2) is 46.0 Å². The molecule has 4 rings (SSSR count). The zero-order chi connectivity index (χ0) is 23.0. The van der Waals surface area contributed by atoms with Crippen molar-refractivity contribution in [1.82, 2.24) is 9.29 Å². The molecule has 0 spiro atoms. The molecule has 0 saturated heterocycles. The highest BCUT2D eigenvalue weighted by molar-refractivity contribution is 7.90. The van der Waals surface area contributed by atoms with Gasteiger partial charge < -0.3 is 14.3 Å². The molecule has 12 heteroatoms. The van der Waals surface area contributed by atoms with E-state index in [1.165, 1.54) is 24.5 Å². The molecular weight excluding hydrogens is 458 g/mol. The van der Waals surface area contributed by atoms with E-state index >= 15 is 0 Å². The highest BCUT2D eigenvalue weighted by atomic mass is 32.2. The number of hydrogen-bond acceptors (Lipinski definition) is 8. The van der Waals surface area contributed by atoms with Gasteiger partial charge in [0.1, 0.15) is 28.5 Å². The highest BCUT2D eigenvalue weighted by Crippen LogP contribution is 2.47. The fourth-order valence-electron chi connectivity index (χ4n) is 3.55. The summed E-state index contributed by atoms with van der Waals surface area (Å²) < 4.78 is 37.5. The van der Waals surface area contributed by atoms with Crippen molar-refractivity contribution in [2.75, 3.05) is 25.1 Å². The van der Waals surface area contributed by atoms with Crippen LogP contribution >= 0.6 is 11.3 Å². The summed E-state index contributed by atoms with van der Waals surface area (Å²) in [6.07, 6.45) is 3.16. The molecule has 0 radical (unpaired) electrons. The first-order valence-electron chi connectivity index (χ1n) is 9.47. The van der Waals surface area contributed by atoms with Gasteiger partial charge in [-0.3, -0.25) is 9.69 Å². The summed E-state index contributed by atoms with van der Waals surface area (Å²) in [7, 11) is -2.84. The van der Waals surface area contributed by atoms with Crippen LogP contribution < -0.4 is 9.64 Å². The molecule has 0 bridgehead atoms. The smallest absolute Gasteiger partial charge is 0.339 e. The topological polar surface area (TPSA) is 130 Å². The Labute approximate surface area is 187 Å². The first-order valence-corrected chi connectivity index (χ1v) is 11.7. The number of benzene rings is 1. The SMILES string of the molecule is COc1ccccc1CCN1C(=O)N(CC(=O)O)S(=O)(=O)c2c1sc(-c1ncco1)c2C. The molecule has 1 N–H and O–H groups in total. The Kier molecular flexibility index (Phi) is 5.65. The minimum atomic E-state index is -4.38. The number of rotatable bonds is 7. The first-order chi connectivity index (χ1) is 15.3. The molecule has 1 aromatic carbocycles. The summed E-state index contributed by atoms with van der Waals surface area (Å²) in [6.45, 7) is 0.720. The monoisotopic (exact) mass is 477 g/mol. The van der Waals surface area contributed by atoms with Crippen molar-refractivity contribution in [1.29, 1.82) is 0 Å². The summed E-state index contributed by atoms with van der Waals surface area (Å²) in [5.41, 5.74) is 1.17. The Morgan fingerprint density at radius 1 is 1.31 bits per heavy atom. The van der Waals surface area contributed by atoms with Crippen LogP contribution in [-0.2, 0) is 21.2 Å². The molecular formula is C20H19N3O7S2. The van der Waals surface area contributed by atoms with Crippen LogP contribution in [0.2, 0.25) is 0 Å². The van der Waals surface area contributed by atoms with Crippen molar-refractivity contribution >= 4 is 38.4 Å². The van der Waals surface area contributed by atoms with Gasteiger partial charge in [-0.05, 0) is 30.5 Å². The summed E-state index contributed by atoms with van der Waals surface area (Å²) in [6, 6.07) is 6.36. The van der Waals surface area contributed by atoms with E-state index < -0.39 is 28.6 Å². The molecule has 3 aromatic rings. The van der Waals surface area contributed by atoms with Crippen molar-refractivity contribution in [2.45, 2.75) is 18.2 Å². The number of fused-ring (bicyclic) bond motifs is 1. The lowest BCUT2D eigenvalue weighted by Crippen LogP contribution is -2.52. The number of hydrogen-bond donors (Lipinski definition) is 1. The molecule has 0 fully saturated rings. The third-order valence-electron chi connectivity index (χ3n) is 5.01. The van der Waals surface area contributed by atoms with Gasteiger partial charge in [0.15, 0.2) is 0 Å². The normalized spacial score (nSPS) is 15.0. The van der Waals surface area contributed by atoms with Crippen molar-refractivity contribution in [2.24, 2.45) is 0 Å². The number of carbonyl (C=O) groups excluding carboxylic acids is 1. The number of carboxylic acids is 1. The molecule has 0 unspecified atom stereocenters. The summed E-state index contributed by atoms with van der Waals surface area (Å²) >= 11 is 1.06. The van der Waals surface area contributed by atoms with Crippen LogP contribution in [0.25, 0.3) is 10.8 Å². The maximum Gasteiger partial charge on any atom is 0.339 e. The number of carbonyl (C=O) groups is 2. The summed E-state index contributed by atoms with van der Waals surface area (Å²) in [5, 5.41) is 9.44.